The predicted molar refractivity (Wildman–Crippen MR) is 122 cm³/mol. The van der Waals surface area contributed by atoms with Gasteiger partial charge in [0.25, 0.3) is 0 Å². The van der Waals surface area contributed by atoms with E-state index in [9.17, 15) is 13.2 Å². The van der Waals surface area contributed by atoms with Crippen LogP contribution in [0.3, 0.4) is 0 Å². The molecule has 0 bridgehead atoms. The molecule has 0 aliphatic heterocycles. The zero-order valence-electron chi connectivity index (χ0n) is 16.8. The second kappa shape index (κ2) is 10.6. The van der Waals surface area contributed by atoms with E-state index in [0.717, 1.165) is 5.56 Å². The summed E-state index contributed by atoms with van der Waals surface area (Å²) < 4.78 is 36.1. The molecule has 32 heavy (non-hydrogen) atoms. The highest BCUT2D eigenvalue weighted by molar-refractivity contribution is 7.90. The van der Waals surface area contributed by atoms with E-state index >= 15 is 0 Å². The van der Waals surface area contributed by atoms with Crippen LogP contribution in [0.2, 0.25) is 10.0 Å². The molecule has 0 amide bonds. The number of hydrogen-bond acceptors (Lipinski definition) is 6. The molecule has 0 saturated heterocycles. The van der Waals surface area contributed by atoms with E-state index in [2.05, 4.69) is 11.6 Å². The molecular weight excluding hydrogens is 473 g/mol. The number of ether oxygens (including phenoxy) is 2. The van der Waals surface area contributed by atoms with E-state index in [1.54, 1.807) is 6.07 Å². The van der Waals surface area contributed by atoms with Crippen LogP contribution >= 0.6 is 23.2 Å². The number of nitrogens with zero attached hydrogens (tertiary/aromatic N) is 1. The minimum atomic E-state index is -3.88. The van der Waals surface area contributed by atoms with E-state index in [-0.39, 0.29) is 38.9 Å². The van der Waals surface area contributed by atoms with Gasteiger partial charge in [0.15, 0.2) is 15.6 Å². The number of hydrogen-bond donors (Lipinski definition) is 0. The molecule has 0 N–H and O–H groups in total. The van der Waals surface area contributed by atoms with Crippen LogP contribution in [0.1, 0.15) is 11.3 Å². The highest BCUT2D eigenvalue weighted by Gasteiger charge is 2.23. The van der Waals surface area contributed by atoms with Crippen molar-refractivity contribution in [3.63, 3.8) is 0 Å². The van der Waals surface area contributed by atoms with Crippen LogP contribution < -0.4 is 4.74 Å². The summed E-state index contributed by atoms with van der Waals surface area (Å²) in [5.74, 6) is -1.56. The number of pyridine rings is 1. The molecule has 1 aromatic heterocycles. The Morgan fingerprint density at radius 3 is 2.28 bits per heavy atom. The fourth-order valence-electron chi connectivity index (χ4n) is 2.79. The second-order valence-corrected chi connectivity index (χ2v) is 9.41. The van der Waals surface area contributed by atoms with Crippen LogP contribution in [0.5, 0.6) is 5.88 Å². The number of benzene rings is 2. The highest BCUT2D eigenvalue weighted by atomic mass is 35.5. The Labute approximate surface area is 196 Å². The molecular formula is C23H19Cl2NO5S. The summed E-state index contributed by atoms with van der Waals surface area (Å²) in [5, 5.41) is 0.0352. The summed E-state index contributed by atoms with van der Waals surface area (Å²) in [6.07, 6.45) is 0.601. The first kappa shape index (κ1) is 23.8. The standard InChI is InChI=1S/C23H19Cl2NO5S/c1-16(30-14-13-17-7-3-2-4-8-17)23(27)31-21-12-5-9-18(26-21)15-32(28,29)22-19(24)10-6-11-20(22)25/h2-12H,1,13-15H2. The first-order valence-electron chi connectivity index (χ1n) is 9.47. The van der Waals surface area contributed by atoms with Crippen molar-refractivity contribution in [3.8, 4) is 5.88 Å². The van der Waals surface area contributed by atoms with Crippen molar-refractivity contribution < 1.29 is 22.7 Å². The third-order valence-electron chi connectivity index (χ3n) is 4.28. The summed E-state index contributed by atoms with van der Waals surface area (Å²) in [7, 11) is -3.88. The molecule has 0 atom stereocenters. The molecule has 0 fully saturated rings. The summed E-state index contributed by atoms with van der Waals surface area (Å²) in [6.45, 7) is 3.83. The Morgan fingerprint density at radius 2 is 1.59 bits per heavy atom. The van der Waals surface area contributed by atoms with Crippen molar-refractivity contribution in [1.29, 1.82) is 0 Å². The summed E-state index contributed by atoms with van der Waals surface area (Å²) in [5.41, 5.74) is 1.21. The van der Waals surface area contributed by atoms with Gasteiger partial charge in [-0.3, -0.25) is 0 Å². The minimum Gasteiger partial charge on any atom is -0.487 e. The average molecular weight is 492 g/mol. The fraction of sp³-hybridized carbons (Fsp3) is 0.130. The summed E-state index contributed by atoms with van der Waals surface area (Å²) in [4.78, 5) is 16.1. The summed E-state index contributed by atoms with van der Waals surface area (Å²) >= 11 is 12.0. The van der Waals surface area contributed by atoms with E-state index in [1.165, 1.54) is 30.3 Å². The van der Waals surface area contributed by atoms with Gasteiger partial charge in [0.2, 0.25) is 5.88 Å². The quantitative estimate of drug-likeness (QED) is 0.237. The van der Waals surface area contributed by atoms with Gasteiger partial charge in [-0.1, -0.05) is 65.7 Å². The molecule has 0 unspecified atom stereocenters. The van der Waals surface area contributed by atoms with Gasteiger partial charge < -0.3 is 9.47 Å². The number of sulfone groups is 1. The topological polar surface area (TPSA) is 82.6 Å². The van der Waals surface area contributed by atoms with Crippen molar-refractivity contribution in [2.24, 2.45) is 0 Å². The monoisotopic (exact) mass is 491 g/mol. The lowest BCUT2D eigenvalue weighted by molar-refractivity contribution is -0.134. The van der Waals surface area contributed by atoms with E-state index < -0.39 is 21.6 Å². The number of aromatic nitrogens is 1. The Morgan fingerprint density at radius 1 is 0.938 bits per heavy atom. The first-order valence-corrected chi connectivity index (χ1v) is 11.9. The molecule has 3 aromatic rings. The predicted octanol–water partition coefficient (Wildman–Crippen LogP) is 5.04. The first-order chi connectivity index (χ1) is 15.3. The number of carbonyl (C=O) groups excluding carboxylic acids is 1. The third-order valence-corrected chi connectivity index (χ3v) is 6.88. The normalized spacial score (nSPS) is 11.1. The maximum absolute atomic E-state index is 12.8. The van der Waals surface area contributed by atoms with Crippen LogP contribution in [-0.2, 0) is 31.5 Å². The molecule has 0 radical (unpaired) electrons. The van der Waals surface area contributed by atoms with Crippen molar-refractivity contribution >= 4 is 39.0 Å². The maximum Gasteiger partial charge on any atom is 0.379 e. The van der Waals surface area contributed by atoms with Crippen LogP contribution in [0.4, 0.5) is 0 Å². The minimum absolute atomic E-state index is 0.0176. The maximum atomic E-state index is 12.8. The Hall–Kier alpha value is -2.87. The van der Waals surface area contributed by atoms with E-state index in [0.29, 0.717) is 6.42 Å². The molecule has 166 valence electrons. The van der Waals surface area contributed by atoms with Crippen LogP contribution in [0.15, 0.2) is 84.0 Å². The zero-order valence-corrected chi connectivity index (χ0v) is 19.2. The lowest BCUT2D eigenvalue weighted by Crippen LogP contribution is -2.15. The smallest absolute Gasteiger partial charge is 0.379 e. The van der Waals surface area contributed by atoms with Gasteiger partial charge in [-0.2, -0.15) is 0 Å². The molecule has 6 nitrogen and oxygen atoms in total. The van der Waals surface area contributed by atoms with Gasteiger partial charge in [0.05, 0.1) is 28.1 Å². The van der Waals surface area contributed by atoms with Gasteiger partial charge >= 0.3 is 5.97 Å². The number of rotatable bonds is 9. The molecule has 3 rings (SSSR count). The molecule has 0 spiro atoms. The van der Waals surface area contributed by atoms with E-state index in [4.69, 9.17) is 32.7 Å². The summed E-state index contributed by atoms with van der Waals surface area (Å²) in [6, 6.07) is 18.5. The SMILES string of the molecule is C=C(OCCc1ccccc1)C(=O)Oc1cccc(CS(=O)(=O)c2c(Cl)cccc2Cl)n1. The largest absolute Gasteiger partial charge is 0.487 e. The van der Waals surface area contributed by atoms with Gasteiger partial charge in [-0.25, -0.2) is 18.2 Å². The van der Waals surface area contributed by atoms with E-state index in [1.807, 2.05) is 30.3 Å². The van der Waals surface area contributed by atoms with Crippen molar-refractivity contribution in [1.82, 2.24) is 4.98 Å². The zero-order chi connectivity index (χ0) is 23.1. The van der Waals surface area contributed by atoms with Gasteiger partial charge in [0, 0.05) is 12.5 Å². The average Bonchev–Trinajstić information content (AvgIpc) is 2.74. The van der Waals surface area contributed by atoms with Crippen molar-refractivity contribution in [2.45, 2.75) is 17.1 Å². The third kappa shape index (κ3) is 6.32. The lowest BCUT2D eigenvalue weighted by Gasteiger charge is -2.10. The number of halogens is 2. The van der Waals surface area contributed by atoms with Crippen LogP contribution in [0.25, 0.3) is 0 Å². The van der Waals surface area contributed by atoms with Crippen LogP contribution in [0, 0.1) is 0 Å². The van der Waals surface area contributed by atoms with Gasteiger partial charge in [-0.15, -0.1) is 0 Å². The molecule has 1 heterocycles. The lowest BCUT2D eigenvalue weighted by atomic mass is 10.2. The fourth-order valence-corrected chi connectivity index (χ4v) is 5.32. The second-order valence-electron chi connectivity index (χ2n) is 6.67. The number of carbonyl (C=O) groups is 1. The number of esters is 1. The molecule has 0 aliphatic rings. The highest BCUT2D eigenvalue weighted by Crippen LogP contribution is 2.31. The van der Waals surface area contributed by atoms with Gasteiger partial charge in [0.1, 0.15) is 4.90 Å². The van der Waals surface area contributed by atoms with Crippen molar-refractivity contribution in [3.05, 3.63) is 100 Å². The Bertz CT molecular complexity index is 1210. The molecule has 0 saturated carbocycles. The van der Waals surface area contributed by atoms with Crippen LogP contribution in [-0.4, -0.2) is 26.0 Å². The van der Waals surface area contributed by atoms with Crippen molar-refractivity contribution in [2.75, 3.05) is 6.61 Å². The Balaban J connectivity index is 1.62. The molecule has 2 aromatic carbocycles. The van der Waals surface area contributed by atoms with Gasteiger partial charge in [-0.05, 0) is 30.3 Å². The Kier molecular flexibility index (Phi) is 7.90. The molecule has 9 heteroatoms. The molecule has 0 aliphatic carbocycles.